The molecule has 0 saturated heterocycles. The maximum Gasteiger partial charge on any atom is 0.292 e. The molecule has 1 aromatic heterocycles. The van der Waals surface area contributed by atoms with Gasteiger partial charge in [0, 0.05) is 24.3 Å². The molecule has 6 nitrogen and oxygen atoms in total. The Labute approximate surface area is 110 Å². The van der Waals surface area contributed by atoms with Crippen LogP contribution in [-0.2, 0) is 0 Å². The number of nitrogens with zero attached hydrogens (tertiary/aromatic N) is 2. The van der Waals surface area contributed by atoms with E-state index in [4.69, 9.17) is 4.52 Å². The molecule has 0 aliphatic heterocycles. The first kappa shape index (κ1) is 11.7. The molecule has 0 atom stereocenters. The van der Waals surface area contributed by atoms with Crippen molar-refractivity contribution in [2.75, 3.05) is 12.4 Å². The molecule has 1 fully saturated rings. The summed E-state index contributed by atoms with van der Waals surface area (Å²) in [7, 11) is 1.85. The highest BCUT2D eigenvalue weighted by Gasteiger charge is 2.26. The van der Waals surface area contributed by atoms with E-state index in [9.17, 15) is 4.79 Å². The van der Waals surface area contributed by atoms with Gasteiger partial charge in [-0.1, -0.05) is 5.16 Å². The maximum atomic E-state index is 11.7. The lowest BCUT2D eigenvalue weighted by Crippen LogP contribution is -2.26. The van der Waals surface area contributed by atoms with E-state index < -0.39 is 0 Å². The highest BCUT2D eigenvalue weighted by Crippen LogP contribution is 2.21. The summed E-state index contributed by atoms with van der Waals surface area (Å²) in [6.45, 7) is 0. The number of rotatable bonds is 4. The molecule has 0 radical (unpaired) electrons. The maximum absolute atomic E-state index is 11.7. The van der Waals surface area contributed by atoms with E-state index >= 15 is 0 Å². The smallest absolute Gasteiger partial charge is 0.292 e. The third-order valence-corrected chi connectivity index (χ3v) is 2.96. The van der Waals surface area contributed by atoms with Crippen molar-refractivity contribution >= 4 is 11.6 Å². The van der Waals surface area contributed by atoms with Gasteiger partial charge in [-0.25, -0.2) is 0 Å². The zero-order valence-electron chi connectivity index (χ0n) is 10.5. The molecular formula is C13H14N4O2. The third-order valence-electron chi connectivity index (χ3n) is 2.96. The van der Waals surface area contributed by atoms with E-state index in [1.807, 2.05) is 31.3 Å². The number of benzene rings is 1. The third kappa shape index (κ3) is 2.57. The van der Waals surface area contributed by atoms with Crippen molar-refractivity contribution in [1.82, 2.24) is 15.5 Å². The summed E-state index contributed by atoms with van der Waals surface area (Å²) in [4.78, 5) is 15.8. The molecule has 1 heterocycles. The summed E-state index contributed by atoms with van der Waals surface area (Å²) in [5, 5.41) is 9.55. The topological polar surface area (TPSA) is 80.0 Å². The SMILES string of the molecule is CNc1ccc(-c2nc(C(=O)NC3CC3)no2)cc1. The number of hydrogen-bond donors (Lipinski definition) is 2. The van der Waals surface area contributed by atoms with Crippen LogP contribution in [0, 0.1) is 0 Å². The van der Waals surface area contributed by atoms with Gasteiger partial charge in [-0.3, -0.25) is 4.79 Å². The highest BCUT2D eigenvalue weighted by atomic mass is 16.5. The van der Waals surface area contributed by atoms with Crippen molar-refractivity contribution in [1.29, 1.82) is 0 Å². The molecule has 1 aliphatic rings. The van der Waals surface area contributed by atoms with E-state index in [2.05, 4.69) is 20.8 Å². The first-order chi connectivity index (χ1) is 9.26. The molecule has 0 unspecified atom stereocenters. The molecule has 19 heavy (non-hydrogen) atoms. The van der Waals surface area contributed by atoms with Crippen LogP contribution in [0.3, 0.4) is 0 Å². The van der Waals surface area contributed by atoms with Crippen LogP contribution in [0.25, 0.3) is 11.5 Å². The van der Waals surface area contributed by atoms with Crippen LogP contribution in [-0.4, -0.2) is 29.1 Å². The minimum Gasteiger partial charge on any atom is -0.388 e. The predicted molar refractivity (Wildman–Crippen MR) is 69.8 cm³/mol. The number of aromatic nitrogens is 2. The van der Waals surface area contributed by atoms with E-state index in [1.165, 1.54) is 0 Å². The van der Waals surface area contributed by atoms with Crippen LogP contribution in [0.5, 0.6) is 0 Å². The Bertz CT molecular complexity index is 587. The van der Waals surface area contributed by atoms with Gasteiger partial charge >= 0.3 is 0 Å². The van der Waals surface area contributed by atoms with Crippen LogP contribution in [0.15, 0.2) is 28.8 Å². The first-order valence-electron chi connectivity index (χ1n) is 6.19. The van der Waals surface area contributed by atoms with E-state index in [-0.39, 0.29) is 17.8 Å². The van der Waals surface area contributed by atoms with Gasteiger partial charge in [0.2, 0.25) is 0 Å². The Kier molecular flexibility index (Phi) is 2.91. The molecule has 0 bridgehead atoms. The minimum atomic E-state index is -0.274. The summed E-state index contributed by atoms with van der Waals surface area (Å²) in [5.74, 6) is 0.160. The molecule has 1 amide bonds. The molecular weight excluding hydrogens is 244 g/mol. The summed E-state index contributed by atoms with van der Waals surface area (Å²) in [6.07, 6.45) is 2.06. The van der Waals surface area contributed by atoms with Crippen LogP contribution >= 0.6 is 0 Å². The van der Waals surface area contributed by atoms with Crippen LogP contribution in [0.1, 0.15) is 23.5 Å². The van der Waals surface area contributed by atoms with Crippen molar-refractivity contribution in [2.45, 2.75) is 18.9 Å². The number of nitrogens with one attached hydrogen (secondary N) is 2. The first-order valence-corrected chi connectivity index (χ1v) is 6.19. The molecule has 98 valence electrons. The van der Waals surface area contributed by atoms with E-state index in [0.29, 0.717) is 5.89 Å². The van der Waals surface area contributed by atoms with Gasteiger partial charge in [0.25, 0.3) is 17.6 Å². The quantitative estimate of drug-likeness (QED) is 0.872. The molecule has 0 spiro atoms. The molecule has 2 N–H and O–H groups in total. The average Bonchev–Trinajstić information content (AvgIpc) is 3.11. The van der Waals surface area contributed by atoms with Crippen LogP contribution in [0.2, 0.25) is 0 Å². The molecule has 2 aromatic rings. The molecule has 1 aliphatic carbocycles. The van der Waals surface area contributed by atoms with Crippen molar-refractivity contribution in [2.24, 2.45) is 0 Å². The fraction of sp³-hybridized carbons (Fsp3) is 0.308. The second kappa shape index (κ2) is 4.72. The van der Waals surface area contributed by atoms with E-state index in [1.54, 1.807) is 0 Å². The molecule has 6 heteroatoms. The van der Waals surface area contributed by atoms with Gasteiger partial charge in [-0.2, -0.15) is 4.98 Å². The second-order valence-corrected chi connectivity index (χ2v) is 4.50. The summed E-state index contributed by atoms with van der Waals surface area (Å²) >= 11 is 0. The summed E-state index contributed by atoms with van der Waals surface area (Å²) < 4.78 is 5.10. The number of hydrogen-bond acceptors (Lipinski definition) is 5. The van der Waals surface area contributed by atoms with Crippen molar-refractivity contribution in [3.63, 3.8) is 0 Å². The van der Waals surface area contributed by atoms with E-state index in [0.717, 1.165) is 24.1 Å². The molecule has 1 saturated carbocycles. The fourth-order valence-electron chi connectivity index (χ4n) is 1.69. The Hall–Kier alpha value is -2.37. The van der Waals surface area contributed by atoms with Gasteiger partial charge in [-0.05, 0) is 37.1 Å². The van der Waals surface area contributed by atoms with Gasteiger partial charge in [0.05, 0.1) is 0 Å². The van der Waals surface area contributed by atoms with Crippen molar-refractivity contribution < 1.29 is 9.32 Å². The lowest BCUT2D eigenvalue weighted by molar-refractivity contribution is 0.0937. The Morgan fingerprint density at radius 1 is 1.32 bits per heavy atom. The minimum absolute atomic E-state index is 0.0830. The number of carbonyl (C=O) groups excluding carboxylic acids is 1. The monoisotopic (exact) mass is 258 g/mol. The molecule has 1 aromatic carbocycles. The van der Waals surface area contributed by atoms with Gasteiger partial charge in [0.1, 0.15) is 0 Å². The highest BCUT2D eigenvalue weighted by molar-refractivity contribution is 5.91. The number of anilines is 1. The fourth-order valence-corrected chi connectivity index (χ4v) is 1.69. The zero-order valence-corrected chi connectivity index (χ0v) is 10.5. The van der Waals surface area contributed by atoms with Gasteiger partial charge < -0.3 is 15.2 Å². The largest absolute Gasteiger partial charge is 0.388 e. The van der Waals surface area contributed by atoms with Crippen molar-refractivity contribution in [3.8, 4) is 11.5 Å². The lowest BCUT2D eigenvalue weighted by atomic mass is 10.2. The standard InChI is InChI=1S/C13H14N4O2/c1-14-9-4-2-8(3-5-9)13-16-11(17-19-13)12(18)15-10-6-7-10/h2-5,10,14H,6-7H2,1H3,(H,15,18). The van der Waals surface area contributed by atoms with Crippen molar-refractivity contribution in [3.05, 3.63) is 30.1 Å². The number of amides is 1. The van der Waals surface area contributed by atoms with Gasteiger partial charge in [-0.15, -0.1) is 0 Å². The normalized spacial score (nSPS) is 14.2. The zero-order chi connectivity index (χ0) is 13.2. The Morgan fingerprint density at radius 3 is 2.68 bits per heavy atom. The Balaban J connectivity index is 1.77. The second-order valence-electron chi connectivity index (χ2n) is 4.50. The Morgan fingerprint density at radius 2 is 2.05 bits per heavy atom. The summed E-state index contributed by atoms with van der Waals surface area (Å²) in [6, 6.07) is 7.82. The average molecular weight is 258 g/mol. The van der Waals surface area contributed by atoms with Crippen LogP contribution in [0.4, 0.5) is 5.69 Å². The number of carbonyl (C=O) groups is 1. The van der Waals surface area contributed by atoms with Crippen LogP contribution < -0.4 is 10.6 Å². The lowest BCUT2D eigenvalue weighted by Gasteiger charge is -1.99. The molecule has 3 rings (SSSR count). The predicted octanol–water partition coefficient (Wildman–Crippen LogP) is 1.67. The summed E-state index contributed by atoms with van der Waals surface area (Å²) in [5.41, 5.74) is 1.78. The van der Waals surface area contributed by atoms with Gasteiger partial charge in [0.15, 0.2) is 0 Å².